The molecule has 2 aromatic heterocycles. The summed E-state index contributed by atoms with van der Waals surface area (Å²) in [6, 6.07) is 17.8. The first-order chi connectivity index (χ1) is 10.8. The van der Waals surface area contributed by atoms with Crippen LogP contribution in [0.25, 0.3) is 31.7 Å². The second kappa shape index (κ2) is 4.90. The van der Waals surface area contributed by atoms with E-state index in [2.05, 4.69) is 23.2 Å². The molecular weight excluding hydrogens is 290 g/mol. The highest BCUT2D eigenvalue weighted by molar-refractivity contribution is 7.25. The Bertz CT molecular complexity index is 1040. The Hall–Kier alpha value is -2.77. The quantitative estimate of drug-likeness (QED) is 0.512. The van der Waals surface area contributed by atoms with Crippen LogP contribution < -0.4 is 0 Å². The second-order valence-electron chi connectivity index (χ2n) is 5.10. The number of thiophene rings is 1. The van der Waals surface area contributed by atoms with Crippen molar-refractivity contribution >= 4 is 31.6 Å². The van der Waals surface area contributed by atoms with Gasteiger partial charge in [0.05, 0.1) is 27.5 Å². The third-order valence-electron chi connectivity index (χ3n) is 3.66. The minimum atomic E-state index is 0.641. The van der Waals surface area contributed by atoms with E-state index in [0.29, 0.717) is 11.4 Å². The number of nitriles is 1. The van der Waals surface area contributed by atoms with Crippen molar-refractivity contribution in [1.82, 2.24) is 9.97 Å². The highest BCUT2D eigenvalue weighted by Crippen LogP contribution is 2.34. The van der Waals surface area contributed by atoms with Gasteiger partial charge in [-0.3, -0.25) is 0 Å². The Morgan fingerprint density at radius 3 is 2.55 bits per heavy atom. The third-order valence-corrected chi connectivity index (χ3v) is 4.93. The molecule has 0 spiro atoms. The zero-order chi connectivity index (χ0) is 15.1. The number of hydrogen-bond acceptors (Lipinski definition) is 4. The van der Waals surface area contributed by atoms with Gasteiger partial charge in [-0.15, -0.1) is 11.3 Å². The first-order valence-electron chi connectivity index (χ1n) is 6.92. The van der Waals surface area contributed by atoms with Crippen molar-refractivity contribution in [2.75, 3.05) is 0 Å². The molecule has 0 atom stereocenters. The molecule has 4 heteroatoms. The highest BCUT2D eigenvalue weighted by Gasteiger charge is 2.12. The van der Waals surface area contributed by atoms with Crippen LogP contribution in [0.2, 0.25) is 0 Å². The molecule has 0 aliphatic rings. The summed E-state index contributed by atoms with van der Waals surface area (Å²) >= 11 is 1.73. The van der Waals surface area contributed by atoms with Crippen LogP contribution >= 0.6 is 11.3 Å². The maximum Gasteiger partial charge on any atom is 0.160 e. The molecule has 0 aliphatic carbocycles. The van der Waals surface area contributed by atoms with Gasteiger partial charge in [-0.1, -0.05) is 18.2 Å². The van der Waals surface area contributed by atoms with Gasteiger partial charge < -0.3 is 0 Å². The number of aryl methyl sites for hydroxylation is 1. The molecule has 4 aromatic rings. The predicted molar refractivity (Wildman–Crippen MR) is 89.8 cm³/mol. The van der Waals surface area contributed by atoms with Crippen LogP contribution in [0, 0.1) is 18.3 Å². The molecule has 0 fully saturated rings. The van der Waals surface area contributed by atoms with E-state index in [4.69, 9.17) is 10.2 Å². The van der Waals surface area contributed by atoms with E-state index in [1.54, 1.807) is 23.5 Å². The van der Waals surface area contributed by atoms with Crippen LogP contribution in [0.3, 0.4) is 0 Å². The average Bonchev–Trinajstić information content (AvgIpc) is 2.94. The van der Waals surface area contributed by atoms with Gasteiger partial charge in [0.2, 0.25) is 0 Å². The Morgan fingerprint density at radius 2 is 1.77 bits per heavy atom. The van der Waals surface area contributed by atoms with Crippen molar-refractivity contribution in [2.45, 2.75) is 6.92 Å². The summed E-state index contributed by atoms with van der Waals surface area (Å²) in [6.45, 7) is 2.02. The minimum absolute atomic E-state index is 0.641. The molecule has 104 valence electrons. The van der Waals surface area contributed by atoms with Gasteiger partial charge in [0, 0.05) is 15.6 Å². The number of hydrogen-bond donors (Lipinski definition) is 0. The van der Waals surface area contributed by atoms with Gasteiger partial charge in [0.1, 0.15) is 0 Å². The summed E-state index contributed by atoms with van der Waals surface area (Å²) in [7, 11) is 0. The van der Waals surface area contributed by atoms with Crippen molar-refractivity contribution in [1.29, 1.82) is 5.26 Å². The van der Waals surface area contributed by atoms with Crippen LogP contribution in [0.5, 0.6) is 0 Å². The number of benzene rings is 2. The highest BCUT2D eigenvalue weighted by atomic mass is 32.1. The lowest BCUT2D eigenvalue weighted by Crippen LogP contribution is -1.92. The summed E-state index contributed by atoms with van der Waals surface area (Å²) in [5, 5.41) is 10.1. The Morgan fingerprint density at radius 1 is 1.00 bits per heavy atom. The molecule has 0 aliphatic heterocycles. The largest absolute Gasteiger partial charge is 0.232 e. The first kappa shape index (κ1) is 12.9. The van der Waals surface area contributed by atoms with E-state index >= 15 is 0 Å². The SMILES string of the molecule is Cc1nc(-c2ccc(C#N)cc2)nc2c1sc1ccccc12. The standard InChI is InChI=1S/C18H11N3S/c1-11-17-16(14-4-2-3-5-15(14)22-17)21-18(20-11)13-8-6-12(10-19)7-9-13/h2-9H,1H3. The topological polar surface area (TPSA) is 49.6 Å². The van der Waals surface area contributed by atoms with Gasteiger partial charge in [0.15, 0.2) is 5.82 Å². The van der Waals surface area contributed by atoms with Crippen molar-refractivity contribution in [3.63, 3.8) is 0 Å². The number of aromatic nitrogens is 2. The molecule has 2 heterocycles. The monoisotopic (exact) mass is 301 g/mol. The molecule has 0 amide bonds. The lowest BCUT2D eigenvalue weighted by molar-refractivity contribution is 1.17. The normalized spacial score (nSPS) is 10.9. The average molecular weight is 301 g/mol. The number of fused-ring (bicyclic) bond motifs is 3. The summed E-state index contributed by atoms with van der Waals surface area (Å²) in [5.74, 6) is 0.707. The first-order valence-corrected chi connectivity index (χ1v) is 7.74. The van der Waals surface area contributed by atoms with Crippen molar-refractivity contribution in [3.8, 4) is 17.5 Å². The third kappa shape index (κ3) is 1.95. The van der Waals surface area contributed by atoms with E-state index in [1.165, 1.54) is 10.1 Å². The number of rotatable bonds is 1. The molecule has 4 rings (SSSR count). The van der Waals surface area contributed by atoms with E-state index in [1.807, 2.05) is 31.2 Å². The van der Waals surface area contributed by atoms with Gasteiger partial charge in [-0.25, -0.2) is 9.97 Å². The minimum Gasteiger partial charge on any atom is -0.232 e. The van der Waals surface area contributed by atoms with Crippen LogP contribution in [0.1, 0.15) is 11.3 Å². The zero-order valence-corrected chi connectivity index (χ0v) is 12.7. The van der Waals surface area contributed by atoms with E-state index in [-0.39, 0.29) is 0 Å². The molecule has 0 saturated carbocycles. The summed E-state index contributed by atoms with van der Waals surface area (Å²) in [4.78, 5) is 9.41. The van der Waals surface area contributed by atoms with Crippen LogP contribution in [0.4, 0.5) is 0 Å². The van der Waals surface area contributed by atoms with Crippen LogP contribution in [-0.2, 0) is 0 Å². The molecule has 0 saturated heterocycles. The molecule has 0 radical (unpaired) electrons. The maximum absolute atomic E-state index is 8.90. The smallest absolute Gasteiger partial charge is 0.160 e. The fourth-order valence-corrected chi connectivity index (χ4v) is 3.64. The van der Waals surface area contributed by atoms with Crippen LogP contribution in [0.15, 0.2) is 48.5 Å². The number of nitrogens with zero attached hydrogens (tertiary/aromatic N) is 3. The molecular formula is C18H11N3S. The summed E-state index contributed by atoms with van der Waals surface area (Å²) in [5.41, 5.74) is 3.57. The molecule has 22 heavy (non-hydrogen) atoms. The lowest BCUT2D eigenvalue weighted by atomic mass is 10.1. The molecule has 0 unspecified atom stereocenters. The second-order valence-corrected chi connectivity index (χ2v) is 6.15. The molecule has 0 bridgehead atoms. The van der Waals surface area contributed by atoms with E-state index in [0.717, 1.165) is 21.5 Å². The summed E-state index contributed by atoms with van der Waals surface area (Å²) in [6.07, 6.45) is 0. The van der Waals surface area contributed by atoms with Gasteiger partial charge in [-0.05, 0) is 37.3 Å². The Labute approximate surface area is 131 Å². The Balaban J connectivity index is 1.98. The Kier molecular flexibility index (Phi) is 2.88. The molecule has 2 aromatic carbocycles. The van der Waals surface area contributed by atoms with Crippen molar-refractivity contribution < 1.29 is 0 Å². The van der Waals surface area contributed by atoms with Gasteiger partial charge in [0.25, 0.3) is 0 Å². The van der Waals surface area contributed by atoms with Gasteiger partial charge in [-0.2, -0.15) is 5.26 Å². The van der Waals surface area contributed by atoms with E-state index in [9.17, 15) is 0 Å². The predicted octanol–water partition coefficient (Wildman–Crippen LogP) is 4.69. The van der Waals surface area contributed by atoms with Gasteiger partial charge >= 0.3 is 0 Å². The van der Waals surface area contributed by atoms with Crippen molar-refractivity contribution in [2.24, 2.45) is 0 Å². The lowest BCUT2D eigenvalue weighted by Gasteiger charge is -2.03. The molecule has 3 nitrogen and oxygen atoms in total. The summed E-state index contributed by atoms with van der Waals surface area (Å²) < 4.78 is 2.37. The molecule has 0 N–H and O–H groups in total. The van der Waals surface area contributed by atoms with Crippen molar-refractivity contribution in [3.05, 3.63) is 59.8 Å². The fourth-order valence-electron chi connectivity index (χ4n) is 2.55. The van der Waals surface area contributed by atoms with E-state index < -0.39 is 0 Å². The van der Waals surface area contributed by atoms with Crippen LogP contribution in [-0.4, -0.2) is 9.97 Å². The zero-order valence-electron chi connectivity index (χ0n) is 11.9. The maximum atomic E-state index is 8.90. The fraction of sp³-hybridized carbons (Fsp3) is 0.0556.